The van der Waals surface area contributed by atoms with Gasteiger partial charge in [0.25, 0.3) is 5.88 Å². The average molecular weight is 300 g/mol. The van der Waals surface area contributed by atoms with Crippen molar-refractivity contribution >= 4 is 11.6 Å². The highest BCUT2D eigenvalue weighted by molar-refractivity contribution is 6.30. The van der Waals surface area contributed by atoms with E-state index in [1.54, 1.807) is 6.07 Å². The molecule has 21 heavy (non-hydrogen) atoms. The van der Waals surface area contributed by atoms with Gasteiger partial charge in [-0.1, -0.05) is 60.1 Å². The fourth-order valence-corrected chi connectivity index (χ4v) is 2.14. The summed E-state index contributed by atoms with van der Waals surface area (Å²) >= 11 is 5.69. The Morgan fingerprint density at radius 1 is 0.952 bits per heavy atom. The van der Waals surface area contributed by atoms with Crippen molar-refractivity contribution in [2.75, 3.05) is 0 Å². The molecule has 0 fully saturated rings. The molecule has 0 aliphatic carbocycles. The van der Waals surface area contributed by atoms with Crippen molar-refractivity contribution in [3.05, 3.63) is 77.7 Å². The fourth-order valence-electron chi connectivity index (χ4n) is 1.99. The minimum Gasteiger partial charge on any atom is -0.436 e. The molecular formula is C17H11ClFNO. The van der Waals surface area contributed by atoms with Crippen LogP contribution in [0.4, 0.5) is 4.39 Å². The summed E-state index contributed by atoms with van der Waals surface area (Å²) in [6.45, 7) is 0. The monoisotopic (exact) mass is 299 g/mol. The largest absolute Gasteiger partial charge is 0.436 e. The summed E-state index contributed by atoms with van der Waals surface area (Å²) in [6.07, 6.45) is 1.35. The van der Waals surface area contributed by atoms with Gasteiger partial charge in [0.15, 0.2) is 5.82 Å². The number of para-hydroxylation sites is 1. The second kappa shape index (κ2) is 5.94. The summed E-state index contributed by atoms with van der Waals surface area (Å²) in [5.74, 6) is -0.148. The molecule has 3 rings (SSSR count). The Kier molecular flexibility index (Phi) is 3.84. The van der Waals surface area contributed by atoms with Crippen molar-refractivity contribution in [1.82, 2.24) is 4.98 Å². The smallest absolute Gasteiger partial charge is 0.255 e. The molecule has 1 heterocycles. The molecule has 0 aliphatic rings. The lowest BCUT2D eigenvalue weighted by Crippen LogP contribution is -1.93. The van der Waals surface area contributed by atoms with Gasteiger partial charge >= 0.3 is 0 Å². The number of hydrogen-bond donors (Lipinski definition) is 0. The summed E-state index contributed by atoms with van der Waals surface area (Å²) in [5.41, 5.74) is 1.86. The minimum atomic E-state index is -0.592. The van der Waals surface area contributed by atoms with Crippen molar-refractivity contribution in [3.63, 3.8) is 0 Å². The number of hydrogen-bond acceptors (Lipinski definition) is 2. The van der Waals surface area contributed by atoms with Crippen LogP contribution in [0.15, 0.2) is 66.9 Å². The van der Waals surface area contributed by atoms with Crippen molar-refractivity contribution in [3.8, 4) is 22.8 Å². The van der Waals surface area contributed by atoms with Gasteiger partial charge in [-0.25, -0.2) is 9.37 Å². The van der Waals surface area contributed by atoms with E-state index >= 15 is 0 Å². The summed E-state index contributed by atoms with van der Waals surface area (Å²) in [4.78, 5) is 3.88. The van der Waals surface area contributed by atoms with Crippen molar-refractivity contribution in [1.29, 1.82) is 0 Å². The Labute approximate surface area is 126 Å². The van der Waals surface area contributed by atoms with Gasteiger partial charge in [0.2, 0.25) is 0 Å². The molecular weight excluding hydrogens is 289 g/mol. The predicted octanol–water partition coefficient (Wildman–Crippen LogP) is 5.33. The van der Waals surface area contributed by atoms with Crippen LogP contribution in [-0.4, -0.2) is 4.98 Å². The highest BCUT2D eigenvalue weighted by Gasteiger charge is 2.11. The first-order chi connectivity index (χ1) is 10.2. The van der Waals surface area contributed by atoms with Crippen LogP contribution >= 0.6 is 11.6 Å². The third kappa shape index (κ3) is 3.03. The normalized spacial score (nSPS) is 10.4. The third-order valence-corrected chi connectivity index (χ3v) is 3.16. The molecule has 2 aromatic carbocycles. The standard InChI is InChI=1S/C17H11ClFNO/c18-13-10-15(19)17(20-11-13)21-16-9-5-4-8-14(16)12-6-2-1-3-7-12/h1-11H. The maximum atomic E-state index is 13.8. The summed E-state index contributed by atoms with van der Waals surface area (Å²) in [5, 5.41) is 0.233. The van der Waals surface area contributed by atoms with Crippen LogP contribution in [-0.2, 0) is 0 Å². The molecule has 3 aromatic rings. The molecule has 0 radical (unpaired) electrons. The Balaban J connectivity index is 2.00. The lowest BCUT2D eigenvalue weighted by Gasteiger charge is -2.11. The molecule has 1 aromatic heterocycles. The average Bonchev–Trinajstić information content (AvgIpc) is 2.51. The Morgan fingerprint density at radius 3 is 2.43 bits per heavy atom. The molecule has 104 valence electrons. The number of nitrogens with zero attached hydrogens (tertiary/aromatic N) is 1. The Bertz CT molecular complexity index is 762. The molecule has 2 nitrogen and oxygen atoms in total. The van der Waals surface area contributed by atoms with E-state index in [1.165, 1.54) is 12.3 Å². The van der Waals surface area contributed by atoms with Gasteiger partial charge in [-0.3, -0.25) is 0 Å². The Hall–Kier alpha value is -2.39. The van der Waals surface area contributed by atoms with E-state index in [4.69, 9.17) is 16.3 Å². The van der Waals surface area contributed by atoms with Gasteiger partial charge in [0.05, 0.1) is 5.02 Å². The molecule has 0 aliphatic heterocycles. The van der Waals surface area contributed by atoms with Gasteiger partial charge in [-0.2, -0.15) is 0 Å². The van der Waals surface area contributed by atoms with E-state index < -0.39 is 5.82 Å². The van der Waals surface area contributed by atoms with E-state index in [9.17, 15) is 4.39 Å². The second-order valence-corrected chi connectivity index (χ2v) is 4.84. The summed E-state index contributed by atoms with van der Waals surface area (Å²) in [7, 11) is 0. The lowest BCUT2D eigenvalue weighted by molar-refractivity contribution is 0.424. The van der Waals surface area contributed by atoms with Crippen LogP contribution in [0.25, 0.3) is 11.1 Å². The molecule has 0 bridgehead atoms. The molecule has 4 heteroatoms. The highest BCUT2D eigenvalue weighted by Crippen LogP contribution is 2.33. The van der Waals surface area contributed by atoms with Crippen LogP contribution < -0.4 is 4.74 Å². The molecule has 0 spiro atoms. The first kappa shape index (κ1) is 13.6. The summed E-state index contributed by atoms with van der Waals surface area (Å²) in [6, 6.07) is 18.3. The zero-order chi connectivity index (χ0) is 14.7. The van der Waals surface area contributed by atoms with E-state index in [-0.39, 0.29) is 10.9 Å². The predicted molar refractivity (Wildman–Crippen MR) is 81.2 cm³/mol. The van der Waals surface area contributed by atoms with E-state index in [0.29, 0.717) is 5.75 Å². The number of benzene rings is 2. The van der Waals surface area contributed by atoms with Crippen LogP contribution in [0.3, 0.4) is 0 Å². The zero-order valence-electron chi connectivity index (χ0n) is 11.0. The number of pyridine rings is 1. The maximum Gasteiger partial charge on any atom is 0.255 e. The van der Waals surface area contributed by atoms with Gasteiger partial charge in [-0.15, -0.1) is 0 Å². The first-order valence-corrected chi connectivity index (χ1v) is 6.75. The van der Waals surface area contributed by atoms with Crippen LogP contribution in [0.1, 0.15) is 0 Å². The van der Waals surface area contributed by atoms with E-state index in [0.717, 1.165) is 11.1 Å². The lowest BCUT2D eigenvalue weighted by atomic mass is 10.1. The minimum absolute atomic E-state index is 0.0946. The maximum absolute atomic E-state index is 13.8. The third-order valence-electron chi connectivity index (χ3n) is 2.95. The molecule has 0 amide bonds. The zero-order valence-corrected chi connectivity index (χ0v) is 11.7. The molecule has 0 atom stereocenters. The van der Waals surface area contributed by atoms with Crippen LogP contribution in [0.2, 0.25) is 5.02 Å². The van der Waals surface area contributed by atoms with Gasteiger partial charge < -0.3 is 4.74 Å². The van der Waals surface area contributed by atoms with Crippen molar-refractivity contribution in [2.45, 2.75) is 0 Å². The van der Waals surface area contributed by atoms with Gasteiger partial charge in [0, 0.05) is 11.8 Å². The number of aromatic nitrogens is 1. The number of rotatable bonds is 3. The van der Waals surface area contributed by atoms with Crippen molar-refractivity contribution in [2.24, 2.45) is 0 Å². The molecule has 0 saturated heterocycles. The van der Waals surface area contributed by atoms with Crippen LogP contribution in [0.5, 0.6) is 11.6 Å². The molecule has 0 N–H and O–H groups in total. The number of halogens is 2. The second-order valence-electron chi connectivity index (χ2n) is 4.40. The van der Waals surface area contributed by atoms with Gasteiger partial charge in [-0.05, 0) is 17.7 Å². The topological polar surface area (TPSA) is 22.1 Å². The van der Waals surface area contributed by atoms with E-state index in [1.807, 2.05) is 48.5 Å². The highest BCUT2D eigenvalue weighted by atomic mass is 35.5. The SMILES string of the molecule is Fc1cc(Cl)cnc1Oc1ccccc1-c1ccccc1. The molecule has 0 unspecified atom stereocenters. The quantitative estimate of drug-likeness (QED) is 0.652. The van der Waals surface area contributed by atoms with Crippen LogP contribution in [0, 0.1) is 5.82 Å². The first-order valence-electron chi connectivity index (χ1n) is 6.37. The Morgan fingerprint density at radius 2 is 1.67 bits per heavy atom. The number of ether oxygens (including phenoxy) is 1. The van der Waals surface area contributed by atoms with E-state index in [2.05, 4.69) is 4.98 Å². The molecule has 0 saturated carbocycles. The summed E-state index contributed by atoms with van der Waals surface area (Å²) < 4.78 is 19.4. The van der Waals surface area contributed by atoms with Gasteiger partial charge in [0.1, 0.15) is 5.75 Å². The fraction of sp³-hybridized carbons (Fsp3) is 0. The van der Waals surface area contributed by atoms with Crippen molar-refractivity contribution < 1.29 is 9.13 Å².